The smallest absolute Gasteiger partial charge is 0.277 e. The summed E-state index contributed by atoms with van der Waals surface area (Å²) in [7, 11) is 0. The summed E-state index contributed by atoms with van der Waals surface area (Å²) in [5.74, 6) is -0.253. The minimum absolute atomic E-state index is 0.0108. The van der Waals surface area contributed by atoms with Crippen LogP contribution in [0, 0.1) is 12.8 Å². The van der Waals surface area contributed by atoms with E-state index in [1.165, 1.54) is 19.3 Å². The maximum Gasteiger partial charge on any atom is 0.277 e. The lowest BCUT2D eigenvalue weighted by Gasteiger charge is -2.34. The van der Waals surface area contributed by atoms with Crippen molar-refractivity contribution in [1.82, 2.24) is 10.2 Å². The molecule has 3 rings (SSSR count). The molecule has 1 saturated heterocycles. The minimum atomic E-state index is -0.234. The van der Waals surface area contributed by atoms with Crippen LogP contribution in [-0.2, 0) is 9.59 Å². The summed E-state index contributed by atoms with van der Waals surface area (Å²) in [6.45, 7) is 5.35. The highest BCUT2D eigenvalue weighted by Crippen LogP contribution is 2.22. The van der Waals surface area contributed by atoms with E-state index >= 15 is 0 Å². The number of hydrogen-bond donors (Lipinski definition) is 1. The van der Waals surface area contributed by atoms with Gasteiger partial charge in [0, 0.05) is 30.8 Å². The number of carbonyl (C=O) groups is 3. The first kappa shape index (κ1) is 26.1. The van der Waals surface area contributed by atoms with E-state index in [2.05, 4.69) is 17.2 Å². The number of hydrogen-bond acceptors (Lipinski definition) is 3. The number of carbonyl (C=O) groups excluding carboxylic acids is 3. The van der Waals surface area contributed by atoms with Gasteiger partial charge in [0.25, 0.3) is 5.91 Å². The van der Waals surface area contributed by atoms with E-state index in [1.54, 1.807) is 6.07 Å². The summed E-state index contributed by atoms with van der Waals surface area (Å²) in [6, 6.07) is 7.28. The summed E-state index contributed by atoms with van der Waals surface area (Å²) in [4.78, 5) is 44.9. The molecule has 2 aliphatic rings. The highest BCUT2D eigenvalue weighted by Gasteiger charge is 2.31. The Morgan fingerprint density at radius 2 is 1.82 bits per heavy atom. The van der Waals surface area contributed by atoms with Gasteiger partial charge in [-0.2, -0.15) is 0 Å². The third kappa shape index (κ3) is 7.51. The maximum atomic E-state index is 13.1. The molecule has 2 atom stereocenters. The molecule has 0 radical (unpaired) electrons. The standard InChI is InChI=1S/C28H41N3O3/c1-3-4-5-6-7-18-26(32)31-19-12-14-22(20-31)27(33)29-24-16-10-11-17-25(24)30-28(34)23-15-9-8-13-21(23)2/h8-9,13,15,22,24H,3-7,10-12,14,16-20H2,1-2H3,(H,29,33). The van der Waals surface area contributed by atoms with Gasteiger partial charge in [0.15, 0.2) is 0 Å². The van der Waals surface area contributed by atoms with E-state index in [4.69, 9.17) is 0 Å². The molecule has 1 N–H and O–H groups in total. The van der Waals surface area contributed by atoms with Crippen LogP contribution in [0.5, 0.6) is 0 Å². The molecule has 1 aliphatic carbocycles. The van der Waals surface area contributed by atoms with E-state index < -0.39 is 0 Å². The van der Waals surface area contributed by atoms with E-state index in [0.29, 0.717) is 18.5 Å². The molecule has 0 bridgehead atoms. The van der Waals surface area contributed by atoms with Crippen molar-refractivity contribution in [2.75, 3.05) is 13.1 Å². The lowest BCUT2D eigenvalue weighted by Crippen LogP contribution is -2.50. The Hall–Kier alpha value is -2.50. The van der Waals surface area contributed by atoms with E-state index in [-0.39, 0.29) is 29.7 Å². The van der Waals surface area contributed by atoms with Crippen LogP contribution >= 0.6 is 0 Å². The van der Waals surface area contributed by atoms with Crippen LogP contribution < -0.4 is 5.32 Å². The first-order chi connectivity index (χ1) is 16.5. The van der Waals surface area contributed by atoms with Crippen LogP contribution in [-0.4, -0.2) is 47.5 Å². The molecule has 0 spiro atoms. The Labute approximate surface area is 204 Å². The fraction of sp³-hybridized carbons (Fsp3) is 0.643. The minimum Gasteiger partial charge on any atom is -0.348 e. The molecule has 1 saturated carbocycles. The van der Waals surface area contributed by atoms with Crippen LogP contribution in [0.15, 0.2) is 29.3 Å². The van der Waals surface area contributed by atoms with Crippen LogP contribution in [0.2, 0.25) is 0 Å². The van der Waals surface area contributed by atoms with Gasteiger partial charge in [0.1, 0.15) is 0 Å². The number of nitrogens with zero attached hydrogens (tertiary/aromatic N) is 2. The number of amides is 3. The first-order valence-corrected chi connectivity index (χ1v) is 13.2. The van der Waals surface area contributed by atoms with Crippen molar-refractivity contribution in [3.63, 3.8) is 0 Å². The largest absolute Gasteiger partial charge is 0.348 e. The normalized spacial score (nSPS) is 21.9. The second-order valence-electron chi connectivity index (χ2n) is 9.87. The van der Waals surface area contributed by atoms with Crippen LogP contribution in [0.1, 0.15) is 99.9 Å². The summed E-state index contributed by atoms with van der Waals surface area (Å²) < 4.78 is 0. The van der Waals surface area contributed by atoms with E-state index in [0.717, 1.165) is 69.2 Å². The third-order valence-corrected chi connectivity index (χ3v) is 7.15. The fourth-order valence-corrected chi connectivity index (χ4v) is 5.03. The van der Waals surface area contributed by atoms with Gasteiger partial charge in [0.2, 0.25) is 11.8 Å². The number of likely N-dealkylation sites (tertiary alicyclic amines) is 1. The zero-order valence-electron chi connectivity index (χ0n) is 21.0. The Kier molecular flexibility index (Phi) is 10.3. The molecule has 6 heteroatoms. The number of rotatable bonds is 9. The second kappa shape index (κ2) is 13.4. The number of aliphatic imine (C=N–C) groups is 1. The third-order valence-electron chi connectivity index (χ3n) is 7.15. The van der Waals surface area contributed by atoms with Gasteiger partial charge in [-0.25, -0.2) is 4.99 Å². The van der Waals surface area contributed by atoms with Crippen molar-refractivity contribution in [1.29, 1.82) is 0 Å². The molecule has 1 heterocycles. The second-order valence-corrected chi connectivity index (χ2v) is 9.87. The molecule has 0 aromatic heterocycles. The Balaban J connectivity index is 1.56. The molecular weight excluding hydrogens is 426 g/mol. The lowest BCUT2D eigenvalue weighted by molar-refractivity contribution is -0.135. The van der Waals surface area contributed by atoms with E-state index in [1.807, 2.05) is 30.0 Å². The quantitative estimate of drug-likeness (QED) is 0.505. The van der Waals surface area contributed by atoms with Crippen LogP contribution in [0.4, 0.5) is 0 Å². The monoisotopic (exact) mass is 467 g/mol. The highest BCUT2D eigenvalue weighted by atomic mass is 16.2. The van der Waals surface area contributed by atoms with Gasteiger partial charge < -0.3 is 10.2 Å². The van der Waals surface area contributed by atoms with Gasteiger partial charge in [-0.05, 0) is 57.1 Å². The zero-order chi connectivity index (χ0) is 24.3. The SMILES string of the molecule is CCCCCCCC(=O)N1CCCC(C(=O)NC2CCCCC2=NC(=O)c2ccccc2C)C1. The molecule has 2 fully saturated rings. The van der Waals surface area contributed by atoms with Gasteiger partial charge >= 0.3 is 0 Å². The van der Waals surface area contributed by atoms with Crippen molar-refractivity contribution in [3.8, 4) is 0 Å². The number of unbranched alkanes of at least 4 members (excludes halogenated alkanes) is 4. The first-order valence-electron chi connectivity index (χ1n) is 13.2. The van der Waals surface area contributed by atoms with Gasteiger partial charge in [0.05, 0.1) is 12.0 Å². The van der Waals surface area contributed by atoms with Crippen molar-refractivity contribution >= 4 is 23.4 Å². The van der Waals surface area contributed by atoms with Crippen molar-refractivity contribution in [3.05, 3.63) is 35.4 Å². The predicted octanol–water partition coefficient (Wildman–Crippen LogP) is 5.23. The molecule has 1 aliphatic heterocycles. The average Bonchev–Trinajstić information content (AvgIpc) is 2.85. The van der Waals surface area contributed by atoms with Crippen molar-refractivity contribution in [2.24, 2.45) is 10.9 Å². The molecule has 34 heavy (non-hydrogen) atoms. The molecular formula is C28H41N3O3. The maximum absolute atomic E-state index is 13.1. The van der Waals surface area contributed by atoms with Gasteiger partial charge in [-0.1, -0.05) is 57.2 Å². The topological polar surface area (TPSA) is 78.8 Å². The van der Waals surface area contributed by atoms with Crippen molar-refractivity contribution in [2.45, 2.75) is 96.9 Å². The average molecular weight is 468 g/mol. The van der Waals surface area contributed by atoms with E-state index in [9.17, 15) is 14.4 Å². The number of piperidine rings is 1. The lowest BCUT2D eigenvalue weighted by atomic mass is 9.91. The van der Waals surface area contributed by atoms with Gasteiger partial charge in [-0.15, -0.1) is 0 Å². The fourth-order valence-electron chi connectivity index (χ4n) is 5.03. The summed E-state index contributed by atoms with van der Waals surface area (Å²) in [6.07, 6.45) is 11.4. The predicted molar refractivity (Wildman–Crippen MR) is 136 cm³/mol. The molecule has 6 nitrogen and oxygen atoms in total. The molecule has 1 aromatic rings. The summed E-state index contributed by atoms with van der Waals surface area (Å²) in [5.41, 5.74) is 2.30. The highest BCUT2D eigenvalue weighted by molar-refractivity contribution is 6.07. The van der Waals surface area contributed by atoms with Gasteiger partial charge in [-0.3, -0.25) is 14.4 Å². The Bertz CT molecular complexity index is 879. The van der Waals surface area contributed by atoms with Crippen LogP contribution in [0.25, 0.3) is 0 Å². The van der Waals surface area contributed by atoms with Crippen molar-refractivity contribution < 1.29 is 14.4 Å². The van der Waals surface area contributed by atoms with Crippen LogP contribution in [0.3, 0.4) is 0 Å². The number of nitrogens with one attached hydrogen (secondary N) is 1. The molecule has 186 valence electrons. The molecule has 3 amide bonds. The zero-order valence-corrected chi connectivity index (χ0v) is 21.0. The number of aryl methyl sites for hydroxylation is 1. The summed E-state index contributed by atoms with van der Waals surface area (Å²) in [5, 5.41) is 3.18. The molecule has 2 unspecified atom stereocenters. The molecule has 1 aromatic carbocycles. The Morgan fingerprint density at radius 3 is 2.62 bits per heavy atom. The summed E-state index contributed by atoms with van der Waals surface area (Å²) >= 11 is 0. The Morgan fingerprint density at radius 1 is 1.03 bits per heavy atom. The number of benzene rings is 1.